The van der Waals surface area contributed by atoms with Crippen LogP contribution in [0.15, 0.2) is 53.3 Å². The van der Waals surface area contributed by atoms with Gasteiger partial charge in [0.2, 0.25) is 0 Å². The van der Waals surface area contributed by atoms with Crippen molar-refractivity contribution >= 4 is 0 Å². The number of rotatable bonds is 2. The molecule has 1 aromatic carbocycles. The summed E-state index contributed by atoms with van der Waals surface area (Å²) in [5, 5.41) is 29.2. The van der Waals surface area contributed by atoms with E-state index in [0.717, 1.165) is 30.4 Å². The van der Waals surface area contributed by atoms with Crippen molar-refractivity contribution in [3.8, 4) is 18.2 Å². The van der Waals surface area contributed by atoms with Gasteiger partial charge in [-0.1, -0.05) is 36.4 Å². The van der Waals surface area contributed by atoms with E-state index in [1.54, 1.807) is 0 Å². The fourth-order valence-corrected chi connectivity index (χ4v) is 4.06. The van der Waals surface area contributed by atoms with Gasteiger partial charge in [-0.05, 0) is 42.7 Å². The van der Waals surface area contributed by atoms with E-state index < -0.39 is 5.41 Å². The van der Waals surface area contributed by atoms with Crippen molar-refractivity contribution in [1.82, 2.24) is 0 Å². The molecule has 0 saturated carbocycles. The van der Waals surface area contributed by atoms with Crippen molar-refractivity contribution in [3.05, 3.63) is 58.8 Å². The molecule has 2 atom stereocenters. The second kappa shape index (κ2) is 6.23. The van der Waals surface area contributed by atoms with E-state index in [9.17, 15) is 15.8 Å². The van der Waals surface area contributed by atoms with Gasteiger partial charge in [0.25, 0.3) is 0 Å². The summed E-state index contributed by atoms with van der Waals surface area (Å²) < 4.78 is 0. The normalized spacial score (nSPS) is 24.8. The predicted molar refractivity (Wildman–Crippen MR) is 89.5 cm³/mol. The number of nitrogens with zero attached hydrogens (tertiary/aromatic N) is 3. The van der Waals surface area contributed by atoms with Crippen molar-refractivity contribution < 1.29 is 0 Å². The summed E-state index contributed by atoms with van der Waals surface area (Å²) in [5.74, 6) is -0.209. The van der Waals surface area contributed by atoms with Gasteiger partial charge in [0.05, 0.1) is 23.4 Å². The van der Waals surface area contributed by atoms with E-state index in [1.165, 1.54) is 0 Å². The van der Waals surface area contributed by atoms with Crippen molar-refractivity contribution in [1.29, 1.82) is 15.8 Å². The molecule has 118 valence electrons. The fraction of sp³-hybridized carbons (Fsp3) is 0.350. The molecule has 0 unspecified atom stereocenters. The standard InChI is InChI=1S/C20H18N4/c21-11-17-15-8-4-5-9-16(15)18(10-14-6-2-1-3-7-14)20(12-22,13-23)19(17)24/h1-3,6-8,16,18H,4-5,9-10,24H2/t16-,18+/m0/s1. The molecule has 2 aliphatic rings. The average Bonchev–Trinajstić information content (AvgIpc) is 2.64. The van der Waals surface area contributed by atoms with Crippen LogP contribution in [0.2, 0.25) is 0 Å². The van der Waals surface area contributed by atoms with Crippen molar-refractivity contribution in [2.24, 2.45) is 23.0 Å². The Balaban J connectivity index is 2.18. The zero-order chi connectivity index (χ0) is 17.2. The van der Waals surface area contributed by atoms with Crippen LogP contribution in [-0.2, 0) is 6.42 Å². The molecule has 0 heterocycles. The Hall–Kier alpha value is -3.03. The first kappa shape index (κ1) is 15.9. The Bertz CT molecular complexity index is 813. The van der Waals surface area contributed by atoms with Gasteiger partial charge in [-0.2, -0.15) is 15.8 Å². The quantitative estimate of drug-likeness (QED) is 0.905. The molecule has 0 saturated heterocycles. The molecule has 0 aromatic heterocycles. The minimum Gasteiger partial charge on any atom is -0.399 e. The molecule has 3 rings (SSSR count). The minimum atomic E-state index is -1.44. The lowest BCUT2D eigenvalue weighted by atomic mass is 9.57. The van der Waals surface area contributed by atoms with E-state index in [2.05, 4.69) is 24.3 Å². The summed E-state index contributed by atoms with van der Waals surface area (Å²) in [6.07, 6.45) is 5.46. The molecule has 24 heavy (non-hydrogen) atoms. The number of benzene rings is 1. The monoisotopic (exact) mass is 314 g/mol. The van der Waals surface area contributed by atoms with Crippen LogP contribution in [0, 0.1) is 51.2 Å². The second-order valence-electron chi connectivity index (χ2n) is 6.43. The van der Waals surface area contributed by atoms with Crippen LogP contribution in [0.1, 0.15) is 24.8 Å². The Morgan fingerprint density at radius 1 is 1.12 bits per heavy atom. The second-order valence-corrected chi connectivity index (χ2v) is 6.43. The topological polar surface area (TPSA) is 97.4 Å². The van der Waals surface area contributed by atoms with E-state index in [0.29, 0.717) is 12.0 Å². The van der Waals surface area contributed by atoms with Crippen molar-refractivity contribution in [3.63, 3.8) is 0 Å². The Morgan fingerprint density at radius 3 is 2.46 bits per heavy atom. The van der Waals surface area contributed by atoms with Crippen molar-refractivity contribution in [2.75, 3.05) is 0 Å². The number of hydrogen-bond donors (Lipinski definition) is 1. The summed E-state index contributed by atoms with van der Waals surface area (Å²) in [6, 6.07) is 16.3. The number of hydrogen-bond acceptors (Lipinski definition) is 4. The van der Waals surface area contributed by atoms with E-state index in [1.807, 2.05) is 30.3 Å². The van der Waals surface area contributed by atoms with Gasteiger partial charge >= 0.3 is 0 Å². The maximum absolute atomic E-state index is 9.85. The molecule has 0 aliphatic heterocycles. The van der Waals surface area contributed by atoms with E-state index >= 15 is 0 Å². The van der Waals surface area contributed by atoms with Gasteiger partial charge in [-0.3, -0.25) is 0 Å². The number of nitrogens with two attached hydrogens (primary N) is 1. The maximum Gasteiger partial charge on any atom is 0.187 e. The molecule has 0 amide bonds. The summed E-state index contributed by atoms with van der Waals surface area (Å²) in [7, 11) is 0. The van der Waals surface area contributed by atoms with Crippen LogP contribution in [0.4, 0.5) is 0 Å². The summed E-state index contributed by atoms with van der Waals surface area (Å²) in [4.78, 5) is 0. The lowest BCUT2D eigenvalue weighted by Gasteiger charge is -2.43. The largest absolute Gasteiger partial charge is 0.399 e. The smallest absolute Gasteiger partial charge is 0.187 e. The highest BCUT2D eigenvalue weighted by molar-refractivity contribution is 5.56. The molecule has 2 N–H and O–H groups in total. The number of nitriles is 3. The maximum atomic E-state index is 9.85. The molecule has 0 fully saturated rings. The average molecular weight is 314 g/mol. The molecular weight excluding hydrogens is 296 g/mol. The minimum absolute atomic E-state index is 0.0280. The Morgan fingerprint density at radius 2 is 1.83 bits per heavy atom. The number of fused-ring (bicyclic) bond motifs is 1. The summed E-state index contributed by atoms with van der Waals surface area (Å²) >= 11 is 0. The summed E-state index contributed by atoms with van der Waals surface area (Å²) in [5.41, 5.74) is 7.25. The van der Waals surface area contributed by atoms with Gasteiger partial charge in [-0.25, -0.2) is 0 Å². The molecule has 1 aromatic rings. The van der Waals surface area contributed by atoms with Crippen LogP contribution in [-0.4, -0.2) is 0 Å². The lowest BCUT2D eigenvalue weighted by Crippen LogP contribution is -2.45. The molecule has 4 heteroatoms. The molecule has 0 bridgehead atoms. The third-order valence-corrected chi connectivity index (χ3v) is 5.27. The van der Waals surface area contributed by atoms with Crippen LogP contribution in [0.5, 0.6) is 0 Å². The van der Waals surface area contributed by atoms with Crippen LogP contribution < -0.4 is 5.73 Å². The zero-order valence-electron chi connectivity index (χ0n) is 13.4. The summed E-state index contributed by atoms with van der Waals surface area (Å²) in [6.45, 7) is 0. The fourth-order valence-electron chi connectivity index (χ4n) is 4.06. The van der Waals surface area contributed by atoms with Crippen molar-refractivity contribution in [2.45, 2.75) is 25.7 Å². The highest BCUT2D eigenvalue weighted by Gasteiger charge is 2.52. The van der Waals surface area contributed by atoms with Gasteiger partial charge in [0, 0.05) is 5.92 Å². The predicted octanol–water partition coefficient (Wildman–Crippen LogP) is 3.36. The first-order chi connectivity index (χ1) is 11.7. The Kier molecular flexibility index (Phi) is 4.11. The van der Waals surface area contributed by atoms with E-state index in [-0.39, 0.29) is 17.5 Å². The highest BCUT2D eigenvalue weighted by atomic mass is 14.7. The highest BCUT2D eigenvalue weighted by Crippen LogP contribution is 2.52. The molecule has 0 spiro atoms. The SMILES string of the molecule is N#CC1=C(N)C(C#N)(C#N)[C@H](Cc2ccccc2)[C@H]2CCCC=C12. The number of allylic oxidation sites excluding steroid dienone is 4. The van der Waals surface area contributed by atoms with Crippen LogP contribution in [0.3, 0.4) is 0 Å². The van der Waals surface area contributed by atoms with Gasteiger partial charge in [-0.15, -0.1) is 0 Å². The molecule has 2 aliphatic carbocycles. The molecule has 4 nitrogen and oxygen atoms in total. The third-order valence-electron chi connectivity index (χ3n) is 5.27. The Labute approximate surface area is 142 Å². The van der Waals surface area contributed by atoms with Gasteiger partial charge in [0.1, 0.15) is 6.07 Å². The van der Waals surface area contributed by atoms with Gasteiger partial charge in [0.15, 0.2) is 5.41 Å². The molecule has 0 radical (unpaired) electrons. The molecular formula is C20H18N4. The van der Waals surface area contributed by atoms with E-state index in [4.69, 9.17) is 5.73 Å². The van der Waals surface area contributed by atoms with Gasteiger partial charge < -0.3 is 5.73 Å². The third kappa shape index (κ3) is 2.27. The van der Waals surface area contributed by atoms with Crippen LogP contribution >= 0.6 is 0 Å². The lowest BCUT2D eigenvalue weighted by molar-refractivity contribution is 0.233. The van der Waals surface area contributed by atoms with Crippen LogP contribution in [0.25, 0.3) is 0 Å². The zero-order valence-corrected chi connectivity index (χ0v) is 13.4. The first-order valence-corrected chi connectivity index (χ1v) is 8.15. The first-order valence-electron chi connectivity index (χ1n) is 8.15.